The number of hydrogen-bond acceptors (Lipinski definition) is 5. The Hall–Kier alpha value is -2.50. The fourth-order valence-electron chi connectivity index (χ4n) is 3.29. The average Bonchev–Trinajstić information content (AvgIpc) is 3.25. The van der Waals surface area contributed by atoms with Gasteiger partial charge in [0, 0.05) is 17.5 Å². The first-order valence-corrected chi connectivity index (χ1v) is 11.8. The Labute approximate surface area is 184 Å². The van der Waals surface area contributed by atoms with Crippen LogP contribution in [0.1, 0.15) is 50.7 Å². The van der Waals surface area contributed by atoms with Crippen LogP contribution in [0.2, 0.25) is 0 Å². The van der Waals surface area contributed by atoms with E-state index in [4.69, 9.17) is 0 Å². The van der Waals surface area contributed by atoms with Crippen LogP contribution in [0, 0.1) is 0 Å². The van der Waals surface area contributed by atoms with Gasteiger partial charge in [0.05, 0.1) is 11.9 Å². The third-order valence-corrected chi connectivity index (χ3v) is 5.71. The molecule has 0 saturated heterocycles. The van der Waals surface area contributed by atoms with Crippen LogP contribution < -0.4 is 5.43 Å². The van der Waals surface area contributed by atoms with E-state index in [0.29, 0.717) is 0 Å². The third-order valence-electron chi connectivity index (χ3n) is 4.96. The number of unbranched alkanes of at least 4 members (excludes halogenated alkanes) is 2. The smallest absolute Gasteiger partial charge is 0.203 e. The molecule has 0 atom stereocenters. The van der Waals surface area contributed by atoms with Gasteiger partial charge in [-0.2, -0.15) is 5.10 Å². The Morgan fingerprint density at radius 3 is 2.50 bits per heavy atom. The summed E-state index contributed by atoms with van der Waals surface area (Å²) in [4.78, 5) is 7.18. The lowest BCUT2D eigenvalue weighted by Crippen LogP contribution is -2.25. The van der Waals surface area contributed by atoms with Gasteiger partial charge >= 0.3 is 0 Å². The van der Waals surface area contributed by atoms with Crippen molar-refractivity contribution in [2.24, 2.45) is 5.10 Å². The molecule has 1 aromatic heterocycles. The highest BCUT2D eigenvalue weighted by molar-refractivity contribution is 7.14. The van der Waals surface area contributed by atoms with Crippen LogP contribution >= 0.6 is 11.3 Å². The first kappa shape index (κ1) is 22.2. The summed E-state index contributed by atoms with van der Waals surface area (Å²) in [6.07, 6.45) is 6.87. The minimum absolute atomic E-state index is 0.798. The van der Waals surface area contributed by atoms with Crippen LogP contribution in [-0.4, -0.2) is 29.2 Å². The van der Waals surface area contributed by atoms with Crippen LogP contribution in [0.4, 0.5) is 5.13 Å². The first-order chi connectivity index (χ1) is 14.8. The lowest BCUT2D eigenvalue weighted by Gasteiger charge is -2.22. The number of rotatable bonds is 12. The monoisotopic (exact) mass is 420 g/mol. The van der Waals surface area contributed by atoms with Gasteiger partial charge in [-0.15, -0.1) is 11.3 Å². The topological polar surface area (TPSA) is 40.5 Å². The quantitative estimate of drug-likeness (QED) is 0.263. The Bertz CT molecular complexity index is 896. The van der Waals surface area contributed by atoms with E-state index < -0.39 is 0 Å². The third kappa shape index (κ3) is 7.08. The van der Waals surface area contributed by atoms with Gasteiger partial charge in [0.25, 0.3) is 0 Å². The number of nitrogens with one attached hydrogen (secondary N) is 1. The second-order valence-corrected chi connectivity index (χ2v) is 8.36. The molecule has 0 spiro atoms. The highest BCUT2D eigenvalue weighted by atomic mass is 32.1. The zero-order valence-corrected chi connectivity index (χ0v) is 18.9. The molecule has 4 nitrogen and oxygen atoms in total. The summed E-state index contributed by atoms with van der Waals surface area (Å²) in [5.41, 5.74) is 7.60. The summed E-state index contributed by atoms with van der Waals surface area (Å²) in [6, 6.07) is 18.9. The molecular weight excluding hydrogens is 388 g/mol. The molecule has 0 aliphatic rings. The molecule has 0 amide bonds. The van der Waals surface area contributed by atoms with E-state index in [1.807, 2.05) is 24.4 Å². The van der Waals surface area contributed by atoms with E-state index in [0.717, 1.165) is 28.5 Å². The number of aromatic nitrogens is 1. The summed E-state index contributed by atoms with van der Waals surface area (Å²) in [5.74, 6) is 0. The number of thiazole rings is 1. The molecule has 0 bridgehead atoms. The Morgan fingerprint density at radius 1 is 1.00 bits per heavy atom. The van der Waals surface area contributed by atoms with Gasteiger partial charge in [-0.25, -0.2) is 4.98 Å². The summed E-state index contributed by atoms with van der Waals surface area (Å²) in [6.45, 7) is 7.86. The predicted octanol–water partition coefficient (Wildman–Crippen LogP) is 6.66. The molecule has 0 unspecified atom stereocenters. The number of hydrazone groups is 1. The van der Waals surface area contributed by atoms with Crippen molar-refractivity contribution in [1.29, 1.82) is 0 Å². The number of anilines is 1. The lowest BCUT2D eigenvalue weighted by atomic mass is 10.1. The molecule has 0 fully saturated rings. The molecule has 30 heavy (non-hydrogen) atoms. The molecule has 0 aliphatic carbocycles. The molecule has 1 heterocycles. The first-order valence-electron chi connectivity index (χ1n) is 10.9. The largest absolute Gasteiger partial charge is 0.299 e. The molecule has 0 radical (unpaired) electrons. The van der Waals surface area contributed by atoms with E-state index in [9.17, 15) is 0 Å². The highest BCUT2D eigenvalue weighted by Gasteiger charge is 2.06. The minimum atomic E-state index is 0.798. The van der Waals surface area contributed by atoms with Gasteiger partial charge in [-0.1, -0.05) is 75.2 Å². The van der Waals surface area contributed by atoms with Crippen molar-refractivity contribution in [2.45, 2.75) is 46.1 Å². The van der Waals surface area contributed by atoms with Gasteiger partial charge < -0.3 is 0 Å². The van der Waals surface area contributed by atoms with E-state index in [-0.39, 0.29) is 0 Å². The van der Waals surface area contributed by atoms with E-state index in [1.54, 1.807) is 11.3 Å². The maximum absolute atomic E-state index is 4.61. The van der Waals surface area contributed by atoms with Gasteiger partial charge in [0.1, 0.15) is 0 Å². The minimum Gasteiger partial charge on any atom is -0.299 e. The molecule has 158 valence electrons. The van der Waals surface area contributed by atoms with Crippen LogP contribution in [0.5, 0.6) is 0 Å². The van der Waals surface area contributed by atoms with Gasteiger partial charge in [-0.05, 0) is 43.1 Å². The maximum Gasteiger partial charge on any atom is 0.203 e. The van der Waals surface area contributed by atoms with Crippen molar-refractivity contribution in [3.05, 3.63) is 71.1 Å². The van der Waals surface area contributed by atoms with Crippen molar-refractivity contribution in [1.82, 2.24) is 9.88 Å². The van der Waals surface area contributed by atoms with Crippen LogP contribution in [0.15, 0.2) is 65.1 Å². The average molecular weight is 421 g/mol. The van der Waals surface area contributed by atoms with E-state index >= 15 is 0 Å². The van der Waals surface area contributed by atoms with E-state index in [1.165, 1.54) is 44.3 Å². The molecule has 0 aliphatic heterocycles. The van der Waals surface area contributed by atoms with Gasteiger partial charge in [0.15, 0.2) is 0 Å². The highest BCUT2D eigenvalue weighted by Crippen LogP contribution is 2.24. The van der Waals surface area contributed by atoms with Gasteiger partial charge in [-0.3, -0.25) is 10.3 Å². The fourth-order valence-corrected chi connectivity index (χ4v) is 3.96. The summed E-state index contributed by atoms with van der Waals surface area (Å²) >= 11 is 1.56. The number of benzene rings is 2. The summed E-state index contributed by atoms with van der Waals surface area (Å²) < 4.78 is 0. The summed E-state index contributed by atoms with van der Waals surface area (Å²) in [5, 5.41) is 7.25. The second-order valence-electron chi connectivity index (χ2n) is 7.50. The molecular formula is C25H32N4S. The number of nitrogens with zero attached hydrogens (tertiary/aromatic N) is 3. The zero-order valence-electron chi connectivity index (χ0n) is 18.1. The fraction of sp³-hybridized carbons (Fsp3) is 0.360. The van der Waals surface area contributed by atoms with Crippen molar-refractivity contribution < 1.29 is 0 Å². The van der Waals surface area contributed by atoms with Crippen LogP contribution in [0.25, 0.3) is 11.3 Å². The molecule has 1 N–H and O–H groups in total. The zero-order chi connectivity index (χ0) is 21.0. The van der Waals surface area contributed by atoms with E-state index in [2.05, 4.69) is 76.0 Å². The number of hydrogen-bond donors (Lipinski definition) is 1. The van der Waals surface area contributed by atoms with Gasteiger partial charge in [0.2, 0.25) is 5.13 Å². The SMILES string of the molecule is CCCCN(CCCC)Cc1cccc(C=NNc2nc(-c3ccccc3)cs2)c1. The van der Waals surface area contributed by atoms with Crippen molar-refractivity contribution >= 4 is 22.7 Å². The Kier molecular flexibility index (Phi) is 9.06. The predicted molar refractivity (Wildman–Crippen MR) is 130 cm³/mol. The Balaban J connectivity index is 1.58. The van der Waals surface area contributed by atoms with Crippen molar-refractivity contribution in [2.75, 3.05) is 18.5 Å². The summed E-state index contributed by atoms with van der Waals surface area (Å²) in [7, 11) is 0. The van der Waals surface area contributed by atoms with Crippen molar-refractivity contribution in [3.8, 4) is 11.3 Å². The normalized spacial score (nSPS) is 11.4. The van der Waals surface area contributed by atoms with Crippen LogP contribution in [-0.2, 0) is 6.54 Å². The molecule has 0 saturated carbocycles. The molecule has 5 heteroatoms. The van der Waals surface area contributed by atoms with Crippen LogP contribution in [0.3, 0.4) is 0 Å². The molecule has 3 rings (SSSR count). The molecule has 3 aromatic rings. The lowest BCUT2D eigenvalue weighted by molar-refractivity contribution is 0.257. The maximum atomic E-state index is 4.61. The second kappa shape index (κ2) is 12.3. The van der Waals surface area contributed by atoms with Crippen molar-refractivity contribution in [3.63, 3.8) is 0 Å². The Morgan fingerprint density at radius 2 is 1.77 bits per heavy atom. The molecule has 2 aromatic carbocycles. The standard InChI is InChI=1S/C25H32N4S/c1-3-5-15-29(16-6-4-2)19-22-12-10-11-21(17-22)18-26-28-25-27-24(20-30-25)23-13-8-7-9-14-23/h7-14,17-18,20H,3-6,15-16,19H2,1-2H3,(H,27,28).